The van der Waals surface area contributed by atoms with Gasteiger partial charge in [-0.25, -0.2) is 0 Å². The molecular formula is C6H11O+. The van der Waals surface area contributed by atoms with E-state index in [1.807, 2.05) is 0 Å². The highest BCUT2D eigenvalue weighted by molar-refractivity contribution is 5.48. The standard InChI is InChI=1S/C6H11O/c1-2-3-4-5-6-7/h6H,1-5H2/q+1. The first-order valence-corrected chi connectivity index (χ1v) is 2.64. The molecule has 0 aliphatic rings. The molecule has 0 fully saturated rings. The molecule has 0 aromatic heterocycles. The fourth-order valence-corrected chi connectivity index (χ4v) is 0.404. The molecule has 0 aromatic carbocycles. The van der Waals surface area contributed by atoms with Crippen molar-refractivity contribution in [1.82, 2.24) is 0 Å². The highest BCUT2D eigenvalue weighted by atomic mass is 16.1. The van der Waals surface area contributed by atoms with Gasteiger partial charge in [-0.3, -0.25) is 0 Å². The fraction of sp³-hybridized carbons (Fsp3) is 0.667. The van der Waals surface area contributed by atoms with Gasteiger partial charge in [0.15, 0.2) is 0 Å². The molecular weight excluding hydrogens is 88.1 g/mol. The summed E-state index contributed by atoms with van der Waals surface area (Å²) >= 11 is 0. The monoisotopic (exact) mass is 99.1 g/mol. The quantitative estimate of drug-likeness (QED) is 0.297. The lowest BCUT2D eigenvalue weighted by atomic mass is 10.2. The van der Waals surface area contributed by atoms with E-state index in [0.717, 1.165) is 25.5 Å². The first kappa shape index (κ1) is 6.54. The maximum atomic E-state index is 9.66. The van der Waals surface area contributed by atoms with E-state index in [-0.39, 0.29) is 0 Å². The molecule has 0 rings (SSSR count). The second-order valence-corrected chi connectivity index (χ2v) is 1.52. The highest BCUT2D eigenvalue weighted by Crippen LogP contribution is 1.94. The van der Waals surface area contributed by atoms with E-state index in [1.165, 1.54) is 0 Å². The van der Waals surface area contributed by atoms with E-state index in [2.05, 4.69) is 6.92 Å². The molecule has 0 unspecified atom stereocenters. The Balaban J connectivity index is 2.56. The Morgan fingerprint density at radius 2 is 2.14 bits per heavy atom. The van der Waals surface area contributed by atoms with Crippen molar-refractivity contribution in [2.45, 2.75) is 25.7 Å². The Morgan fingerprint density at radius 1 is 1.43 bits per heavy atom. The predicted octanol–water partition coefficient (Wildman–Crippen LogP) is 1.58. The van der Waals surface area contributed by atoms with Crippen LogP contribution in [0.3, 0.4) is 0 Å². The smallest absolute Gasteiger partial charge is 0.119 e. The van der Waals surface area contributed by atoms with Gasteiger partial charge >= 0.3 is 0 Å². The zero-order valence-electron chi connectivity index (χ0n) is 4.52. The maximum absolute atomic E-state index is 9.66. The van der Waals surface area contributed by atoms with Gasteiger partial charge in [-0.1, -0.05) is 0 Å². The summed E-state index contributed by atoms with van der Waals surface area (Å²) in [5, 5.41) is 0. The minimum absolute atomic E-state index is 0.704. The van der Waals surface area contributed by atoms with Crippen molar-refractivity contribution in [3.05, 3.63) is 6.92 Å². The molecule has 0 spiro atoms. The zero-order valence-corrected chi connectivity index (χ0v) is 4.52. The van der Waals surface area contributed by atoms with E-state index in [0.29, 0.717) is 6.42 Å². The van der Waals surface area contributed by atoms with Crippen molar-refractivity contribution >= 4 is 6.29 Å². The summed E-state index contributed by atoms with van der Waals surface area (Å²) in [6, 6.07) is 0. The van der Waals surface area contributed by atoms with Crippen molar-refractivity contribution in [3.63, 3.8) is 0 Å². The van der Waals surface area contributed by atoms with Gasteiger partial charge in [0.25, 0.3) is 0 Å². The largest absolute Gasteiger partial charge is 0.303 e. The fourth-order valence-electron chi connectivity index (χ4n) is 0.404. The third kappa shape index (κ3) is 5.54. The number of aldehydes is 1. The maximum Gasteiger partial charge on any atom is 0.119 e. The predicted molar refractivity (Wildman–Crippen MR) is 29.9 cm³/mol. The first-order valence-electron chi connectivity index (χ1n) is 2.64. The van der Waals surface area contributed by atoms with Crippen LogP contribution in [0, 0.1) is 6.92 Å². The minimum Gasteiger partial charge on any atom is -0.303 e. The van der Waals surface area contributed by atoms with E-state index < -0.39 is 0 Å². The Morgan fingerprint density at radius 3 is 2.57 bits per heavy atom. The van der Waals surface area contributed by atoms with Gasteiger partial charge in [0, 0.05) is 6.42 Å². The average molecular weight is 99.2 g/mol. The SMILES string of the molecule is [CH2+]CCCCC=O. The van der Waals surface area contributed by atoms with Gasteiger partial charge in [-0.2, -0.15) is 0 Å². The summed E-state index contributed by atoms with van der Waals surface area (Å²) in [5.41, 5.74) is 0. The van der Waals surface area contributed by atoms with Crippen LogP contribution in [-0.4, -0.2) is 6.29 Å². The zero-order chi connectivity index (χ0) is 5.54. The van der Waals surface area contributed by atoms with Gasteiger partial charge < -0.3 is 4.79 Å². The van der Waals surface area contributed by atoms with Crippen molar-refractivity contribution < 1.29 is 4.79 Å². The molecule has 0 N–H and O–H groups in total. The molecule has 7 heavy (non-hydrogen) atoms. The molecule has 0 heterocycles. The normalized spacial score (nSPS) is 8.57. The van der Waals surface area contributed by atoms with E-state index in [9.17, 15) is 4.79 Å². The third-order valence-corrected chi connectivity index (χ3v) is 0.822. The van der Waals surface area contributed by atoms with Gasteiger partial charge in [0.05, 0.1) is 13.3 Å². The molecule has 0 aliphatic heterocycles. The lowest BCUT2D eigenvalue weighted by Gasteiger charge is -1.81. The number of carbonyl (C=O) groups excluding carboxylic acids is 1. The molecule has 40 valence electrons. The number of unbranched alkanes of at least 4 members (excludes halogenated alkanes) is 3. The summed E-state index contributed by atoms with van der Waals surface area (Å²) < 4.78 is 0. The van der Waals surface area contributed by atoms with Crippen molar-refractivity contribution in [2.24, 2.45) is 0 Å². The molecule has 0 bridgehead atoms. The van der Waals surface area contributed by atoms with E-state index in [1.54, 1.807) is 0 Å². The second kappa shape index (κ2) is 5.54. The van der Waals surface area contributed by atoms with Crippen LogP contribution in [0.15, 0.2) is 0 Å². The topological polar surface area (TPSA) is 17.1 Å². The summed E-state index contributed by atoms with van der Waals surface area (Å²) in [4.78, 5) is 9.66. The number of carbonyl (C=O) groups is 1. The van der Waals surface area contributed by atoms with Crippen molar-refractivity contribution in [2.75, 3.05) is 0 Å². The van der Waals surface area contributed by atoms with Crippen LogP contribution >= 0.6 is 0 Å². The summed E-state index contributed by atoms with van der Waals surface area (Å²) in [5.74, 6) is 0. The molecule has 1 nitrogen and oxygen atoms in total. The van der Waals surface area contributed by atoms with Gasteiger partial charge in [-0.15, -0.1) is 0 Å². The summed E-state index contributed by atoms with van der Waals surface area (Å²) in [6.45, 7) is 3.64. The van der Waals surface area contributed by atoms with Crippen molar-refractivity contribution in [1.29, 1.82) is 0 Å². The van der Waals surface area contributed by atoms with Crippen LogP contribution in [0.1, 0.15) is 25.7 Å². The van der Waals surface area contributed by atoms with Gasteiger partial charge in [-0.05, 0) is 12.8 Å². The van der Waals surface area contributed by atoms with Crippen LogP contribution in [0.4, 0.5) is 0 Å². The molecule has 0 saturated heterocycles. The van der Waals surface area contributed by atoms with E-state index >= 15 is 0 Å². The lowest BCUT2D eigenvalue weighted by Crippen LogP contribution is -1.74. The van der Waals surface area contributed by atoms with E-state index in [4.69, 9.17) is 0 Å². The highest BCUT2D eigenvalue weighted by Gasteiger charge is 1.83. The number of hydrogen-bond acceptors (Lipinski definition) is 1. The molecule has 0 saturated carbocycles. The Hall–Kier alpha value is -0.460. The molecule has 0 radical (unpaired) electrons. The summed E-state index contributed by atoms with van der Waals surface area (Å²) in [6.07, 6.45) is 4.70. The summed E-state index contributed by atoms with van der Waals surface area (Å²) in [7, 11) is 0. The van der Waals surface area contributed by atoms with Crippen molar-refractivity contribution in [3.8, 4) is 0 Å². The second-order valence-electron chi connectivity index (χ2n) is 1.52. The Labute approximate surface area is 44.7 Å². The number of rotatable bonds is 4. The molecule has 0 aromatic rings. The van der Waals surface area contributed by atoms with Crippen LogP contribution in [0.2, 0.25) is 0 Å². The first-order chi connectivity index (χ1) is 3.41. The van der Waals surface area contributed by atoms with Gasteiger partial charge in [0.2, 0.25) is 0 Å². The molecule has 0 amide bonds. The minimum atomic E-state index is 0.704. The van der Waals surface area contributed by atoms with Gasteiger partial charge in [0.1, 0.15) is 6.29 Å². The van der Waals surface area contributed by atoms with Crippen LogP contribution in [0.5, 0.6) is 0 Å². The van der Waals surface area contributed by atoms with Crippen LogP contribution < -0.4 is 0 Å². The molecule has 0 atom stereocenters. The lowest BCUT2D eigenvalue weighted by molar-refractivity contribution is -0.107. The average Bonchev–Trinajstić information content (AvgIpc) is 1.69. The number of hydrogen-bond donors (Lipinski definition) is 0. The molecule has 0 aliphatic carbocycles. The third-order valence-electron chi connectivity index (χ3n) is 0.822. The Bertz CT molecular complexity index is 41.4. The molecule has 1 heteroatoms. The Kier molecular flexibility index (Phi) is 5.18. The van der Waals surface area contributed by atoms with Crippen LogP contribution in [-0.2, 0) is 4.79 Å². The van der Waals surface area contributed by atoms with Crippen LogP contribution in [0.25, 0.3) is 0 Å².